The molecule has 6 heteroatoms. The lowest BCUT2D eigenvalue weighted by Gasteiger charge is -2.24. The van der Waals surface area contributed by atoms with Gasteiger partial charge < -0.3 is 20.3 Å². The van der Waals surface area contributed by atoms with Crippen LogP contribution in [-0.4, -0.2) is 23.8 Å². The van der Waals surface area contributed by atoms with Crippen molar-refractivity contribution in [3.63, 3.8) is 0 Å². The monoisotopic (exact) mass is 231 g/mol. The number of hydrogen-bond acceptors (Lipinski definition) is 4. The molecule has 3 N–H and O–H groups in total. The van der Waals surface area contributed by atoms with E-state index in [9.17, 15) is 4.79 Å². The van der Waals surface area contributed by atoms with Crippen LogP contribution in [0.3, 0.4) is 0 Å². The topological polar surface area (TPSA) is 81.8 Å². The second-order valence-corrected chi connectivity index (χ2v) is 2.93. The number of rotatable bonds is 1. The fraction of sp³-hybridized carbons (Fsp3) is 0.222. The molecule has 0 spiro atoms. The van der Waals surface area contributed by atoms with Crippen LogP contribution in [0.15, 0.2) is 18.2 Å². The molecule has 0 saturated carbocycles. The molecule has 1 aliphatic rings. The van der Waals surface area contributed by atoms with Gasteiger partial charge >= 0.3 is 5.97 Å². The number of halogens is 1. The van der Waals surface area contributed by atoms with Crippen LogP contribution in [0, 0.1) is 0 Å². The SMILES string of the molecule is Cl.Nc1cccc2c1OC(C(=O)O)CO2. The second-order valence-electron chi connectivity index (χ2n) is 2.93. The Hall–Kier alpha value is -1.62. The third-order valence-electron chi connectivity index (χ3n) is 1.94. The number of anilines is 1. The highest BCUT2D eigenvalue weighted by Crippen LogP contribution is 2.36. The minimum atomic E-state index is -1.06. The Morgan fingerprint density at radius 2 is 2.27 bits per heavy atom. The summed E-state index contributed by atoms with van der Waals surface area (Å²) in [5.41, 5.74) is 5.99. The predicted octanol–water partition coefficient (Wildman–Crippen LogP) is 0.915. The first-order valence-electron chi connectivity index (χ1n) is 4.09. The van der Waals surface area contributed by atoms with Crippen molar-refractivity contribution in [1.29, 1.82) is 0 Å². The first-order valence-corrected chi connectivity index (χ1v) is 4.09. The molecule has 0 aliphatic carbocycles. The molecule has 1 atom stereocenters. The van der Waals surface area contributed by atoms with E-state index in [-0.39, 0.29) is 19.0 Å². The van der Waals surface area contributed by atoms with Crippen molar-refractivity contribution >= 4 is 24.1 Å². The molecule has 1 aromatic rings. The maximum atomic E-state index is 10.6. The zero-order valence-electron chi connectivity index (χ0n) is 7.67. The molecule has 0 fully saturated rings. The number of carboxylic acid groups (broad SMARTS) is 1. The van der Waals surface area contributed by atoms with Crippen molar-refractivity contribution in [3.8, 4) is 11.5 Å². The van der Waals surface area contributed by atoms with Gasteiger partial charge in [0.15, 0.2) is 11.5 Å². The minimum absolute atomic E-state index is 0. The van der Waals surface area contributed by atoms with Gasteiger partial charge in [-0.2, -0.15) is 0 Å². The predicted molar refractivity (Wildman–Crippen MR) is 55.6 cm³/mol. The Balaban J connectivity index is 0.00000112. The Kier molecular flexibility index (Phi) is 3.26. The standard InChI is InChI=1S/C9H9NO4.ClH/c10-5-2-1-3-6-8(5)14-7(4-13-6)9(11)12;/h1-3,7H,4,10H2,(H,11,12);1H. The Bertz CT molecular complexity index is 382. The van der Waals surface area contributed by atoms with E-state index in [1.54, 1.807) is 18.2 Å². The van der Waals surface area contributed by atoms with Gasteiger partial charge in [-0.05, 0) is 12.1 Å². The summed E-state index contributed by atoms with van der Waals surface area (Å²) in [6.07, 6.45) is -0.979. The molecule has 0 amide bonds. The molecule has 82 valence electrons. The summed E-state index contributed by atoms with van der Waals surface area (Å²) >= 11 is 0. The first kappa shape index (κ1) is 11.5. The number of fused-ring (bicyclic) bond motifs is 1. The number of carboxylic acids is 1. The van der Waals surface area contributed by atoms with Crippen molar-refractivity contribution in [3.05, 3.63) is 18.2 Å². The molecule has 1 unspecified atom stereocenters. The number of nitrogen functional groups attached to an aromatic ring is 1. The smallest absolute Gasteiger partial charge is 0.348 e. The van der Waals surface area contributed by atoms with Gasteiger partial charge in [-0.15, -0.1) is 12.4 Å². The lowest BCUT2D eigenvalue weighted by molar-refractivity contribution is -0.147. The molecule has 0 radical (unpaired) electrons. The summed E-state index contributed by atoms with van der Waals surface area (Å²) < 4.78 is 10.4. The van der Waals surface area contributed by atoms with Gasteiger partial charge in [0.2, 0.25) is 6.10 Å². The van der Waals surface area contributed by atoms with E-state index in [2.05, 4.69) is 0 Å². The summed E-state index contributed by atoms with van der Waals surface area (Å²) in [5.74, 6) is -0.257. The number of ether oxygens (including phenoxy) is 2. The maximum absolute atomic E-state index is 10.6. The van der Waals surface area contributed by atoms with Gasteiger partial charge in [0.1, 0.15) is 6.61 Å². The van der Waals surface area contributed by atoms with Crippen LogP contribution in [0.2, 0.25) is 0 Å². The van der Waals surface area contributed by atoms with Crippen LogP contribution in [0.4, 0.5) is 5.69 Å². The fourth-order valence-electron chi connectivity index (χ4n) is 1.24. The van der Waals surface area contributed by atoms with Crippen LogP contribution >= 0.6 is 12.4 Å². The Labute approximate surface area is 92.2 Å². The number of hydrogen-bond donors (Lipinski definition) is 2. The molecule has 15 heavy (non-hydrogen) atoms. The first-order chi connectivity index (χ1) is 6.68. The summed E-state index contributed by atoms with van der Waals surface area (Å²) in [4.78, 5) is 10.6. The molecule has 1 aliphatic heterocycles. The van der Waals surface area contributed by atoms with Crippen LogP contribution in [-0.2, 0) is 4.79 Å². The Morgan fingerprint density at radius 3 is 2.93 bits per heavy atom. The van der Waals surface area contributed by atoms with E-state index in [4.69, 9.17) is 20.3 Å². The van der Waals surface area contributed by atoms with Crippen LogP contribution in [0.1, 0.15) is 0 Å². The van der Waals surface area contributed by atoms with Gasteiger partial charge in [0.25, 0.3) is 0 Å². The molecule has 0 bridgehead atoms. The van der Waals surface area contributed by atoms with Gasteiger partial charge in [0, 0.05) is 0 Å². The second kappa shape index (κ2) is 4.27. The van der Waals surface area contributed by atoms with Crippen LogP contribution in [0.25, 0.3) is 0 Å². The van der Waals surface area contributed by atoms with Gasteiger partial charge in [0.05, 0.1) is 5.69 Å². The molecule has 5 nitrogen and oxygen atoms in total. The average molecular weight is 232 g/mol. The van der Waals surface area contributed by atoms with Gasteiger partial charge in [-0.25, -0.2) is 4.79 Å². The summed E-state index contributed by atoms with van der Waals surface area (Å²) in [6.45, 7) is 0.00574. The lowest BCUT2D eigenvalue weighted by Crippen LogP contribution is -2.36. The lowest BCUT2D eigenvalue weighted by atomic mass is 10.2. The van der Waals surface area contributed by atoms with E-state index in [1.807, 2.05) is 0 Å². The van der Waals surface area contributed by atoms with Crippen molar-refractivity contribution in [2.45, 2.75) is 6.10 Å². The number of nitrogens with two attached hydrogens (primary N) is 1. The maximum Gasteiger partial charge on any atom is 0.348 e. The summed E-state index contributed by atoms with van der Waals surface area (Å²) in [6, 6.07) is 5.04. The van der Waals surface area contributed by atoms with E-state index in [1.165, 1.54) is 0 Å². The van der Waals surface area contributed by atoms with Crippen molar-refractivity contribution in [2.75, 3.05) is 12.3 Å². The van der Waals surface area contributed by atoms with E-state index in [0.29, 0.717) is 17.2 Å². The fourth-order valence-corrected chi connectivity index (χ4v) is 1.24. The van der Waals surface area contributed by atoms with Crippen molar-refractivity contribution in [2.24, 2.45) is 0 Å². The number of benzene rings is 1. The average Bonchev–Trinajstić information content (AvgIpc) is 2.18. The largest absolute Gasteiger partial charge is 0.485 e. The molecule has 0 aromatic heterocycles. The van der Waals surface area contributed by atoms with Gasteiger partial charge in [-0.3, -0.25) is 0 Å². The van der Waals surface area contributed by atoms with E-state index < -0.39 is 12.1 Å². The number of carbonyl (C=O) groups is 1. The van der Waals surface area contributed by atoms with E-state index >= 15 is 0 Å². The molecule has 1 heterocycles. The van der Waals surface area contributed by atoms with Crippen molar-refractivity contribution < 1.29 is 19.4 Å². The highest BCUT2D eigenvalue weighted by molar-refractivity contribution is 5.85. The summed E-state index contributed by atoms with van der Waals surface area (Å²) in [5, 5.41) is 8.71. The third kappa shape index (κ3) is 2.07. The number of para-hydroxylation sites is 1. The molecule has 0 saturated heterocycles. The van der Waals surface area contributed by atoms with Crippen molar-refractivity contribution in [1.82, 2.24) is 0 Å². The van der Waals surface area contributed by atoms with Crippen LogP contribution in [0.5, 0.6) is 11.5 Å². The molecular formula is C9H10ClNO4. The van der Waals surface area contributed by atoms with Gasteiger partial charge in [-0.1, -0.05) is 6.07 Å². The minimum Gasteiger partial charge on any atom is -0.485 e. The van der Waals surface area contributed by atoms with Crippen LogP contribution < -0.4 is 15.2 Å². The third-order valence-corrected chi connectivity index (χ3v) is 1.94. The summed E-state index contributed by atoms with van der Waals surface area (Å²) in [7, 11) is 0. The Morgan fingerprint density at radius 1 is 1.53 bits per heavy atom. The quantitative estimate of drug-likeness (QED) is 0.703. The highest BCUT2D eigenvalue weighted by Gasteiger charge is 2.27. The molecular weight excluding hydrogens is 222 g/mol. The zero-order chi connectivity index (χ0) is 10.1. The highest BCUT2D eigenvalue weighted by atomic mass is 35.5. The van der Waals surface area contributed by atoms with E-state index in [0.717, 1.165) is 0 Å². The normalized spacial score (nSPS) is 17.7. The molecule has 2 rings (SSSR count). The zero-order valence-corrected chi connectivity index (χ0v) is 8.49. The number of aliphatic carboxylic acids is 1. The molecule has 1 aromatic carbocycles.